The lowest BCUT2D eigenvalue weighted by Gasteiger charge is -2.14. The number of hydrogen-bond donors (Lipinski definition) is 2. The Hall–Kier alpha value is -2.86. The zero-order valence-corrected chi connectivity index (χ0v) is 13.0. The molecule has 0 aliphatic heterocycles. The number of benzene rings is 2. The average Bonchev–Trinajstić information content (AvgIpc) is 2.51. The molecule has 0 unspecified atom stereocenters. The maximum Gasteiger partial charge on any atom is 0.281 e. The van der Waals surface area contributed by atoms with Crippen molar-refractivity contribution in [2.75, 3.05) is 10.7 Å². The number of halogens is 1. The van der Waals surface area contributed by atoms with Gasteiger partial charge in [-0.1, -0.05) is 29.8 Å². The van der Waals surface area contributed by atoms with Gasteiger partial charge in [0, 0.05) is 17.6 Å². The zero-order chi connectivity index (χ0) is 16.4. The fraction of sp³-hybridized carbons (Fsp3) is 0.0625. The highest BCUT2D eigenvalue weighted by Crippen LogP contribution is 2.19. The Balaban J connectivity index is 2.17. The third kappa shape index (κ3) is 3.17. The van der Waals surface area contributed by atoms with Gasteiger partial charge in [-0.05, 0) is 30.3 Å². The molecule has 0 atom stereocenters. The lowest BCUT2D eigenvalue weighted by atomic mass is 10.2. The van der Waals surface area contributed by atoms with Crippen molar-refractivity contribution in [3.05, 3.63) is 63.9 Å². The molecule has 2 N–H and O–H groups in total. The topological polar surface area (TPSA) is 76.0 Å². The highest BCUT2D eigenvalue weighted by molar-refractivity contribution is 6.30. The molecule has 3 aromatic rings. The van der Waals surface area contributed by atoms with Gasteiger partial charge in [0.05, 0.1) is 10.9 Å². The fourth-order valence-electron chi connectivity index (χ4n) is 2.17. The third-order valence-electron chi connectivity index (χ3n) is 3.13. The van der Waals surface area contributed by atoms with Crippen LogP contribution >= 0.6 is 11.6 Å². The monoisotopic (exact) mass is 328 g/mol. The van der Waals surface area contributed by atoms with Crippen molar-refractivity contribution in [1.29, 1.82) is 0 Å². The lowest BCUT2D eigenvalue weighted by molar-refractivity contribution is -0.115. The Morgan fingerprint density at radius 3 is 2.70 bits per heavy atom. The number of carbonyl (C=O) groups is 1. The Bertz CT molecular complexity index is 952. The molecule has 1 aromatic heterocycles. The summed E-state index contributed by atoms with van der Waals surface area (Å²) in [7, 11) is 0. The summed E-state index contributed by atoms with van der Waals surface area (Å²) >= 11 is 5.96. The van der Waals surface area contributed by atoms with Crippen LogP contribution in [0.3, 0.4) is 0 Å². The number of carbonyl (C=O) groups excluding carboxylic acids is 1. The molecule has 0 spiro atoms. The second-order valence-corrected chi connectivity index (χ2v) is 5.33. The summed E-state index contributed by atoms with van der Waals surface area (Å²) in [6.45, 7) is 1.32. The molecule has 23 heavy (non-hydrogen) atoms. The minimum atomic E-state index is -0.377. The summed E-state index contributed by atoms with van der Waals surface area (Å²) in [6, 6.07) is 13.9. The van der Waals surface area contributed by atoms with Crippen molar-refractivity contribution < 1.29 is 4.79 Å². The first-order chi connectivity index (χ1) is 11.0. The van der Waals surface area contributed by atoms with Crippen LogP contribution in [0.15, 0.2) is 53.3 Å². The third-order valence-corrected chi connectivity index (χ3v) is 3.36. The molecule has 0 saturated heterocycles. The van der Waals surface area contributed by atoms with E-state index in [0.29, 0.717) is 21.6 Å². The first kappa shape index (κ1) is 15.1. The molecular formula is C16H13ClN4O2. The van der Waals surface area contributed by atoms with E-state index in [1.54, 1.807) is 48.5 Å². The summed E-state index contributed by atoms with van der Waals surface area (Å²) in [5.41, 5.74) is 3.29. The van der Waals surface area contributed by atoms with Crippen LogP contribution in [0.4, 0.5) is 11.6 Å². The molecule has 0 aliphatic rings. The van der Waals surface area contributed by atoms with Crippen molar-refractivity contribution in [3.8, 4) is 0 Å². The molecule has 0 bridgehead atoms. The van der Waals surface area contributed by atoms with E-state index in [-0.39, 0.29) is 17.4 Å². The summed E-state index contributed by atoms with van der Waals surface area (Å²) in [5, 5.41) is 3.96. The SMILES string of the molecule is CC(=O)Nn1c(Nc2cccc(Cl)c2)nc2ccccc2c1=O. The summed E-state index contributed by atoms with van der Waals surface area (Å²) < 4.78 is 1.09. The molecule has 3 rings (SSSR count). The Morgan fingerprint density at radius 1 is 1.17 bits per heavy atom. The van der Waals surface area contributed by atoms with Crippen LogP contribution in [0.1, 0.15) is 6.92 Å². The number of hydrogen-bond acceptors (Lipinski definition) is 4. The van der Waals surface area contributed by atoms with Gasteiger partial charge in [-0.2, -0.15) is 4.68 Å². The van der Waals surface area contributed by atoms with Crippen LogP contribution in [-0.2, 0) is 4.79 Å². The van der Waals surface area contributed by atoms with Gasteiger partial charge in [0.25, 0.3) is 5.56 Å². The average molecular weight is 329 g/mol. The normalized spacial score (nSPS) is 10.5. The fourth-order valence-corrected chi connectivity index (χ4v) is 2.36. The van der Waals surface area contributed by atoms with Gasteiger partial charge in [0.15, 0.2) is 0 Å². The maximum atomic E-state index is 12.6. The van der Waals surface area contributed by atoms with Gasteiger partial charge in [0.1, 0.15) is 0 Å². The standard InChI is InChI=1S/C16H13ClN4O2/c1-10(22)20-21-15(23)13-7-2-3-8-14(13)19-16(21)18-12-6-4-5-11(17)9-12/h2-9H,1H3,(H,18,19)(H,20,22). The number of nitrogens with zero attached hydrogens (tertiary/aromatic N) is 2. The van der Waals surface area contributed by atoms with Crippen molar-refractivity contribution in [2.45, 2.75) is 6.92 Å². The largest absolute Gasteiger partial charge is 0.324 e. The Labute approximate surface area is 136 Å². The van der Waals surface area contributed by atoms with E-state index in [9.17, 15) is 9.59 Å². The van der Waals surface area contributed by atoms with E-state index in [4.69, 9.17) is 11.6 Å². The molecule has 2 aromatic carbocycles. The van der Waals surface area contributed by atoms with Gasteiger partial charge in [-0.15, -0.1) is 0 Å². The van der Waals surface area contributed by atoms with Crippen LogP contribution < -0.4 is 16.3 Å². The second kappa shape index (κ2) is 6.10. The molecule has 116 valence electrons. The molecule has 7 heteroatoms. The molecule has 0 aliphatic carbocycles. The molecule has 1 heterocycles. The van der Waals surface area contributed by atoms with Crippen LogP contribution in [0, 0.1) is 0 Å². The van der Waals surface area contributed by atoms with Crippen molar-refractivity contribution in [1.82, 2.24) is 9.66 Å². The predicted octanol–water partition coefficient (Wildman–Crippen LogP) is 2.88. The van der Waals surface area contributed by atoms with E-state index in [2.05, 4.69) is 15.7 Å². The lowest BCUT2D eigenvalue weighted by Crippen LogP contribution is -2.34. The van der Waals surface area contributed by atoms with E-state index < -0.39 is 0 Å². The number of rotatable bonds is 3. The van der Waals surface area contributed by atoms with E-state index in [1.807, 2.05) is 0 Å². The van der Waals surface area contributed by atoms with E-state index in [1.165, 1.54) is 6.92 Å². The number of amides is 1. The Kier molecular flexibility index (Phi) is 3.99. The quantitative estimate of drug-likeness (QED) is 0.775. The first-order valence-electron chi connectivity index (χ1n) is 6.86. The van der Waals surface area contributed by atoms with Gasteiger partial charge in [-0.3, -0.25) is 15.0 Å². The minimum Gasteiger partial charge on any atom is -0.324 e. The minimum absolute atomic E-state index is 0.200. The molecule has 1 amide bonds. The zero-order valence-electron chi connectivity index (χ0n) is 12.2. The second-order valence-electron chi connectivity index (χ2n) is 4.90. The van der Waals surface area contributed by atoms with Gasteiger partial charge < -0.3 is 5.32 Å². The molecule has 6 nitrogen and oxygen atoms in total. The number of nitrogens with one attached hydrogen (secondary N) is 2. The van der Waals surface area contributed by atoms with E-state index in [0.717, 1.165) is 4.68 Å². The smallest absolute Gasteiger partial charge is 0.281 e. The maximum absolute atomic E-state index is 12.6. The molecule has 0 fully saturated rings. The highest BCUT2D eigenvalue weighted by Gasteiger charge is 2.12. The van der Waals surface area contributed by atoms with Gasteiger partial charge in [-0.25, -0.2) is 4.98 Å². The molecule has 0 saturated carbocycles. The van der Waals surface area contributed by atoms with E-state index >= 15 is 0 Å². The number of para-hydroxylation sites is 1. The van der Waals surface area contributed by atoms with Gasteiger partial charge >= 0.3 is 0 Å². The number of aromatic nitrogens is 2. The van der Waals surface area contributed by atoms with Crippen molar-refractivity contribution >= 4 is 40.0 Å². The summed E-state index contributed by atoms with van der Waals surface area (Å²) in [5.74, 6) is -0.176. The summed E-state index contributed by atoms with van der Waals surface area (Å²) in [6.07, 6.45) is 0. The van der Waals surface area contributed by atoms with Crippen LogP contribution in [0.2, 0.25) is 5.02 Å². The first-order valence-corrected chi connectivity index (χ1v) is 7.24. The number of fused-ring (bicyclic) bond motifs is 1. The van der Waals surface area contributed by atoms with Crippen LogP contribution in [0.25, 0.3) is 10.9 Å². The molecular weight excluding hydrogens is 316 g/mol. The number of anilines is 2. The van der Waals surface area contributed by atoms with Gasteiger partial charge in [0.2, 0.25) is 11.9 Å². The molecule has 0 radical (unpaired) electrons. The highest BCUT2D eigenvalue weighted by atomic mass is 35.5. The van der Waals surface area contributed by atoms with Crippen LogP contribution in [-0.4, -0.2) is 15.6 Å². The van der Waals surface area contributed by atoms with Crippen molar-refractivity contribution in [2.24, 2.45) is 0 Å². The summed E-state index contributed by atoms with van der Waals surface area (Å²) in [4.78, 5) is 28.4. The van der Waals surface area contributed by atoms with Crippen LogP contribution in [0.5, 0.6) is 0 Å². The van der Waals surface area contributed by atoms with Crippen molar-refractivity contribution in [3.63, 3.8) is 0 Å². The predicted molar refractivity (Wildman–Crippen MR) is 90.8 cm³/mol. The Morgan fingerprint density at radius 2 is 1.96 bits per heavy atom.